The van der Waals surface area contributed by atoms with E-state index in [9.17, 15) is 9.59 Å². The van der Waals surface area contributed by atoms with E-state index in [1.165, 1.54) is 4.90 Å². The number of ether oxygens (including phenoxy) is 2. The van der Waals surface area contributed by atoms with Crippen molar-refractivity contribution in [1.82, 2.24) is 4.90 Å². The van der Waals surface area contributed by atoms with Gasteiger partial charge in [0.25, 0.3) is 11.8 Å². The number of nitrogens with zero attached hydrogens (tertiary/aromatic N) is 1. The molecule has 0 spiro atoms. The van der Waals surface area contributed by atoms with E-state index >= 15 is 0 Å². The topological polar surface area (TPSA) is 67.9 Å². The highest BCUT2D eigenvalue weighted by Gasteiger charge is 2.39. The van der Waals surface area contributed by atoms with E-state index in [0.29, 0.717) is 34.9 Å². The normalized spacial score (nSPS) is 14.1. The molecule has 0 saturated carbocycles. The van der Waals surface area contributed by atoms with E-state index < -0.39 is 0 Å². The Balaban J connectivity index is 2.10. The number of rotatable bonds is 7. The summed E-state index contributed by atoms with van der Waals surface area (Å²) in [5.74, 6) is 0.800. The molecule has 1 heterocycles. The summed E-state index contributed by atoms with van der Waals surface area (Å²) in [6.07, 6.45) is 0. The average Bonchev–Trinajstić information content (AvgIpc) is 2.92. The molecule has 2 aromatic rings. The number of aryl methyl sites for hydroxylation is 1. The Bertz CT molecular complexity index is 961. The number of amides is 2. The standard InChI is InChI=1S/C23H26N2O4/c1-14(2)13-25-22(26)20(16-7-9-17(28-4)10-8-16)21(23(25)27)24-18-12-15(3)6-11-19(18)29-5/h6-12,14,24H,13H2,1-5H3. The van der Waals surface area contributed by atoms with Gasteiger partial charge in [0.15, 0.2) is 0 Å². The maximum Gasteiger partial charge on any atom is 0.278 e. The SMILES string of the molecule is COc1ccc(C2=C(Nc3cc(C)ccc3OC)C(=O)N(CC(C)C)C2=O)cc1. The summed E-state index contributed by atoms with van der Waals surface area (Å²) in [5.41, 5.74) is 2.91. The highest BCUT2D eigenvalue weighted by atomic mass is 16.5. The molecule has 152 valence electrons. The highest BCUT2D eigenvalue weighted by molar-refractivity contribution is 6.36. The molecule has 0 aromatic heterocycles. The molecule has 6 nitrogen and oxygen atoms in total. The van der Waals surface area contributed by atoms with Crippen LogP contribution in [0.15, 0.2) is 48.2 Å². The molecule has 1 aliphatic rings. The van der Waals surface area contributed by atoms with Crippen LogP contribution in [0, 0.1) is 12.8 Å². The van der Waals surface area contributed by atoms with Crippen molar-refractivity contribution in [2.75, 3.05) is 26.1 Å². The van der Waals surface area contributed by atoms with Crippen molar-refractivity contribution in [3.05, 3.63) is 59.3 Å². The first-order valence-electron chi connectivity index (χ1n) is 9.52. The first kappa shape index (κ1) is 20.5. The number of carbonyl (C=O) groups excluding carboxylic acids is 2. The molecule has 3 rings (SSSR count). The first-order chi connectivity index (χ1) is 13.8. The summed E-state index contributed by atoms with van der Waals surface area (Å²) in [6.45, 7) is 6.26. The molecule has 29 heavy (non-hydrogen) atoms. The molecule has 0 radical (unpaired) electrons. The Hall–Kier alpha value is -3.28. The van der Waals surface area contributed by atoms with Crippen LogP contribution in [0.1, 0.15) is 25.0 Å². The van der Waals surface area contributed by atoms with Crippen LogP contribution in [0.2, 0.25) is 0 Å². The Morgan fingerprint density at radius 1 is 0.966 bits per heavy atom. The lowest BCUT2D eigenvalue weighted by molar-refractivity contribution is -0.137. The van der Waals surface area contributed by atoms with Gasteiger partial charge in [0.2, 0.25) is 0 Å². The van der Waals surface area contributed by atoms with Crippen LogP contribution in [0.25, 0.3) is 5.57 Å². The minimum atomic E-state index is -0.335. The zero-order valence-electron chi connectivity index (χ0n) is 17.4. The van der Waals surface area contributed by atoms with E-state index in [0.717, 1.165) is 5.56 Å². The zero-order valence-corrected chi connectivity index (χ0v) is 17.4. The maximum atomic E-state index is 13.2. The second kappa shape index (κ2) is 8.39. The van der Waals surface area contributed by atoms with Gasteiger partial charge in [0.05, 0.1) is 25.5 Å². The molecule has 0 bridgehead atoms. The molecule has 0 fully saturated rings. The summed E-state index contributed by atoms with van der Waals surface area (Å²) >= 11 is 0. The van der Waals surface area contributed by atoms with E-state index in [2.05, 4.69) is 5.32 Å². The molecule has 0 aliphatic carbocycles. The number of methoxy groups -OCH3 is 2. The molecule has 6 heteroatoms. The Labute approximate surface area is 171 Å². The third-order valence-corrected chi connectivity index (χ3v) is 4.71. The van der Waals surface area contributed by atoms with Crippen LogP contribution in [0.4, 0.5) is 5.69 Å². The number of hydrogen-bond donors (Lipinski definition) is 1. The molecule has 2 aromatic carbocycles. The maximum absolute atomic E-state index is 13.2. The highest BCUT2D eigenvalue weighted by Crippen LogP contribution is 2.34. The van der Waals surface area contributed by atoms with E-state index in [1.807, 2.05) is 39.0 Å². The van der Waals surface area contributed by atoms with Crippen molar-refractivity contribution in [2.45, 2.75) is 20.8 Å². The van der Waals surface area contributed by atoms with Gasteiger partial charge in [-0.1, -0.05) is 32.0 Å². The van der Waals surface area contributed by atoms with Crippen LogP contribution in [-0.2, 0) is 9.59 Å². The molecule has 0 unspecified atom stereocenters. The lowest BCUT2D eigenvalue weighted by atomic mass is 10.0. The molecule has 2 amide bonds. The third-order valence-electron chi connectivity index (χ3n) is 4.71. The van der Waals surface area contributed by atoms with Gasteiger partial charge in [-0.2, -0.15) is 0 Å². The predicted octanol–water partition coefficient (Wildman–Crippen LogP) is 3.86. The van der Waals surface area contributed by atoms with E-state index in [1.54, 1.807) is 38.5 Å². The summed E-state index contributed by atoms with van der Waals surface area (Å²) in [5, 5.41) is 3.17. The van der Waals surface area contributed by atoms with Crippen molar-refractivity contribution >= 4 is 23.1 Å². The van der Waals surface area contributed by atoms with Crippen molar-refractivity contribution in [1.29, 1.82) is 0 Å². The summed E-state index contributed by atoms with van der Waals surface area (Å²) in [7, 11) is 3.15. The number of benzene rings is 2. The van der Waals surface area contributed by atoms with E-state index in [4.69, 9.17) is 9.47 Å². The molecular formula is C23H26N2O4. The number of anilines is 1. The largest absolute Gasteiger partial charge is 0.497 e. The second-order valence-corrected chi connectivity index (χ2v) is 7.42. The van der Waals surface area contributed by atoms with Crippen molar-refractivity contribution < 1.29 is 19.1 Å². The van der Waals surface area contributed by atoms with Crippen LogP contribution >= 0.6 is 0 Å². The Morgan fingerprint density at radius 2 is 1.66 bits per heavy atom. The molecule has 0 saturated heterocycles. The minimum absolute atomic E-state index is 0.160. The second-order valence-electron chi connectivity index (χ2n) is 7.42. The number of nitrogens with one attached hydrogen (secondary N) is 1. The Kier molecular flexibility index (Phi) is 5.92. The van der Waals surface area contributed by atoms with Crippen LogP contribution in [0.5, 0.6) is 11.5 Å². The molecule has 1 N–H and O–H groups in total. The summed E-state index contributed by atoms with van der Waals surface area (Å²) in [4.78, 5) is 27.6. The van der Waals surface area contributed by atoms with Gasteiger partial charge in [-0.25, -0.2) is 0 Å². The first-order valence-corrected chi connectivity index (χ1v) is 9.52. The van der Waals surface area contributed by atoms with Gasteiger partial charge in [-0.3, -0.25) is 14.5 Å². The molecule has 1 aliphatic heterocycles. The quantitative estimate of drug-likeness (QED) is 0.723. The monoisotopic (exact) mass is 394 g/mol. The van der Waals surface area contributed by atoms with Crippen molar-refractivity contribution in [2.24, 2.45) is 5.92 Å². The molecular weight excluding hydrogens is 368 g/mol. The number of hydrogen-bond acceptors (Lipinski definition) is 5. The van der Waals surface area contributed by atoms with Crippen LogP contribution in [0.3, 0.4) is 0 Å². The lowest BCUT2D eigenvalue weighted by Crippen LogP contribution is -2.35. The number of carbonyl (C=O) groups is 2. The van der Waals surface area contributed by atoms with Gasteiger partial charge in [-0.15, -0.1) is 0 Å². The minimum Gasteiger partial charge on any atom is -0.497 e. The van der Waals surface area contributed by atoms with Crippen molar-refractivity contribution in [3.8, 4) is 11.5 Å². The van der Waals surface area contributed by atoms with E-state index in [-0.39, 0.29) is 23.4 Å². The number of imide groups is 1. The molecule has 0 atom stereocenters. The summed E-state index contributed by atoms with van der Waals surface area (Å²) in [6, 6.07) is 12.8. The fraction of sp³-hybridized carbons (Fsp3) is 0.304. The van der Waals surface area contributed by atoms with Crippen LogP contribution < -0.4 is 14.8 Å². The summed E-state index contributed by atoms with van der Waals surface area (Å²) < 4.78 is 10.6. The van der Waals surface area contributed by atoms with Gasteiger partial charge in [0, 0.05) is 6.54 Å². The van der Waals surface area contributed by atoms with Gasteiger partial charge < -0.3 is 14.8 Å². The third kappa shape index (κ3) is 4.11. The predicted molar refractivity (Wildman–Crippen MR) is 113 cm³/mol. The fourth-order valence-electron chi connectivity index (χ4n) is 3.30. The van der Waals surface area contributed by atoms with Gasteiger partial charge in [-0.05, 0) is 48.2 Å². The van der Waals surface area contributed by atoms with Crippen LogP contribution in [-0.4, -0.2) is 37.5 Å². The fourth-order valence-corrected chi connectivity index (χ4v) is 3.30. The van der Waals surface area contributed by atoms with Crippen molar-refractivity contribution in [3.63, 3.8) is 0 Å². The lowest BCUT2D eigenvalue weighted by Gasteiger charge is -2.18. The van der Waals surface area contributed by atoms with Gasteiger partial charge >= 0.3 is 0 Å². The zero-order chi connectivity index (χ0) is 21.1. The van der Waals surface area contributed by atoms with Gasteiger partial charge in [0.1, 0.15) is 17.2 Å². The Morgan fingerprint density at radius 3 is 2.24 bits per heavy atom. The average molecular weight is 394 g/mol. The smallest absolute Gasteiger partial charge is 0.278 e.